The van der Waals surface area contributed by atoms with Crippen LogP contribution in [0.2, 0.25) is 0 Å². The van der Waals surface area contributed by atoms with Gasteiger partial charge in [-0.2, -0.15) is 0 Å². The van der Waals surface area contributed by atoms with E-state index in [2.05, 4.69) is 0 Å². The number of aromatic hydroxyl groups is 1. The van der Waals surface area contributed by atoms with E-state index in [0.29, 0.717) is 12.4 Å². The first kappa shape index (κ1) is 10.1. The fourth-order valence-electron chi connectivity index (χ4n) is 1.34. The number of rotatable bonds is 3. The summed E-state index contributed by atoms with van der Waals surface area (Å²) in [6.07, 6.45) is -0.0371. The lowest BCUT2D eigenvalue weighted by Crippen LogP contribution is -2.00. The molecule has 0 amide bonds. The van der Waals surface area contributed by atoms with Gasteiger partial charge in [0.2, 0.25) is 0 Å². The van der Waals surface area contributed by atoms with Crippen molar-refractivity contribution in [1.29, 1.82) is 0 Å². The first-order valence-corrected chi connectivity index (χ1v) is 4.56. The second-order valence-electron chi connectivity index (χ2n) is 3.16. The van der Waals surface area contributed by atoms with Crippen molar-refractivity contribution in [1.82, 2.24) is 0 Å². The largest absolute Gasteiger partial charge is 0.508 e. The van der Waals surface area contributed by atoms with Crippen LogP contribution in [-0.2, 0) is 4.74 Å². The van der Waals surface area contributed by atoms with Gasteiger partial charge in [0.05, 0.1) is 6.10 Å². The fourth-order valence-corrected chi connectivity index (χ4v) is 1.34. The van der Waals surface area contributed by atoms with Gasteiger partial charge in [-0.3, -0.25) is 0 Å². The van der Waals surface area contributed by atoms with Crippen LogP contribution in [0.3, 0.4) is 0 Å². The van der Waals surface area contributed by atoms with Crippen LogP contribution in [0.15, 0.2) is 18.2 Å². The summed E-state index contributed by atoms with van der Waals surface area (Å²) in [5.74, 6) is 0.312. The van der Waals surface area contributed by atoms with Crippen molar-refractivity contribution in [3.63, 3.8) is 0 Å². The summed E-state index contributed by atoms with van der Waals surface area (Å²) >= 11 is 0. The highest BCUT2D eigenvalue weighted by Crippen LogP contribution is 2.27. The smallest absolute Gasteiger partial charge is 0.121 e. The molecule has 0 aliphatic heterocycles. The lowest BCUT2D eigenvalue weighted by molar-refractivity contribution is 0.0746. The summed E-state index contributed by atoms with van der Waals surface area (Å²) in [5, 5.41) is 9.55. The first-order valence-electron chi connectivity index (χ1n) is 4.56. The second-order valence-corrected chi connectivity index (χ2v) is 3.16. The molecule has 13 heavy (non-hydrogen) atoms. The van der Waals surface area contributed by atoms with Gasteiger partial charge in [0.15, 0.2) is 0 Å². The van der Waals surface area contributed by atoms with Gasteiger partial charge in [-0.1, -0.05) is 11.6 Å². The van der Waals surface area contributed by atoms with Crippen LogP contribution in [0.1, 0.15) is 31.1 Å². The third-order valence-corrected chi connectivity index (χ3v) is 2.04. The molecule has 2 heteroatoms. The van der Waals surface area contributed by atoms with E-state index >= 15 is 0 Å². The van der Waals surface area contributed by atoms with Gasteiger partial charge < -0.3 is 9.84 Å². The number of phenolic OH excluding ortho intramolecular Hbond substituents is 1. The molecule has 2 nitrogen and oxygen atoms in total. The van der Waals surface area contributed by atoms with Gasteiger partial charge in [0, 0.05) is 12.2 Å². The third-order valence-electron chi connectivity index (χ3n) is 2.04. The molecule has 0 bridgehead atoms. The number of hydrogen-bond acceptors (Lipinski definition) is 2. The van der Waals surface area contributed by atoms with Crippen molar-refractivity contribution in [3.05, 3.63) is 29.3 Å². The molecule has 1 aromatic carbocycles. The Kier molecular flexibility index (Phi) is 3.32. The second kappa shape index (κ2) is 4.28. The molecule has 0 aliphatic carbocycles. The van der Waals surface area contributed by atoms with Crippen molar-refractivity contribution < 1.29 is 9.84 Å². The van der Waals surface area contributed by atoms with Gasteiger partial charge >= 0.3 is 0 Å². The first-order chi connectivity index (χ1) is 6.15. The van der Waals surface area contributed by atoms with Crippen LogP contribution in [0.25, 0.3) is 0 Å². The third kappa shape index (κ3) is 2.46. The predicted molar refractivity (Wildman–Crippen MR) is 52.9 cm³/mol. The summed E-state index contributed by atoms with van der Waals surface area (Å²) in [5.41, 5.74) is 2.00. The molecule has 0 fully saturated rings. The fraction of sp³-hybridized carbons (Fsp3) is 0.455. The molecule has 1 rings (SSSR count). The van der Waals surface area contributed by atoms with Crippen LogP contribution in [0.5, 0.6) is 5.75 Å². The normalized spacial score (nSPS) is 12.8. The van der Waals surface area contributed by atoms with Crippen LogP contribution in [-0.4, -0.2) is 11.7 Å². The number of aryl methyl sites for hydroxylation is 1. The zero-order chi connectivity index (χ0) is 9.84. The Morgan fingerprint density at radius 2 is 2.15 bits per heavy atom. The number of ether oxygens (including phenoxy) is 1. The average Bonchev–Trinajstić information content (AvgIpc) is 2.09. The summed E-state index contributed by atoms with van der Waals surface area (Å²) < 4.78 is 5.40. The molecule has 0 aromatic heterocycles. The highest BCUT2D eigenvalue weighted by molar-refractivity contribution is 5.37. The Balaban J connectivity index is 2.91. The number of hydrogen-bond donors (Lipinski definition) is 1. The van der Waals surface area contributed by atoms with Crippen molar-refractivity contribution in [2.24, 2.45) is 0 Å². The van der Waals surface area contributed by atoms with Crippen molar-refractivity contribution >= 4 is 0 Å². The number of phenols is 1. The lowest BCUT2D eigenvalue weighted by atomic mass is 10.1. The van der Waals surface area contributed by atoms with Crippen molar-refractivity contribution in [3.8, 4) is 5.75 Å². The molecular formula is C11H16O2. The van der Waals surface area contributed by atoms with Gasteiger partial charge in [0.1, 0.15) is 5.75 Å². The maximum absolute atomic E-state index is 9.55. The Morgan fingerprint density at radius 3 is 2.77 bits per heavy atom. The van der Waals surface area contributed by atoms with Gasteiger partial charge in [-0.05, 0) is 32.9 Å². The molecule has 1 unspecified atom stereocenters. The molecule has 0 saturated heterocycles. The molecule has 72 valence electrons. The summed E-state index contributed by atoms with van der Waals surface area (Å²) in [6, 6.07) is 5.55. The highest BCUT2D eigenvalue weighted by atomic mass is 16.5. The minimum Gasteiger partial charge on any atom is -0.508 e. The Hall–Kier alpha value is -1.02. The zero-order valence-electron chi connectivity index (χ0n) is 8.37. The van der Waals surface area contributed by atoms with Crippen LogP contribution in [0, 0.1) is 6.92 Å². The SMILES string of the molecule is CCOC(C)c1cc(C)ccc1O. The maximum Gasteiger partial charge on any atom is 0.121 e. The monoisotopic (exact) mass is 180 g/mol. The quantitative estimate of drug-likeness (QED) is 0.775. The molecule has 1 atom stereocenters. The Bertz CT molecular complexity index is 281. The van der Waals surface area contributed by atoms with E-state index in [9.17, 15) is 5.11 Å². The molecular weight excluding hydrogens is 164 g/mol. The van der Waals surface area contributed by atoms with E-state index in [1.165, 1.54) is 0 Å². The molecule has 0 radical (unpaired) electrons. The molecule has 0 saturated carbocycles. The highest BCUT2D eigenvalue weighted by Gasteiger charge is 2.09. The van der Waals surface area contributed by atoms with E-state index < -0.39 is 0 Å². The summed E-state index contributed by atoms with van der Waals surface area (Å²) in [7, 11) is 0. The minimum atomic E-state index is -0.0371. The van der Waals surface area contributed by atoms with Crippen molar-refractivity contribution in [2.75, 3.05) is 6.61 Å². The average molecular weight is 180 g/mol. The van der Waals surface area contributed by atoms with Crippen LogP contribution >= 0.6 is 0 Å². The predicted octanol–water partition coefficient (Wildman–Crippen LogP) is 2.80. The van der Waals surface area contributed by atoms with Gasteiger partial charge in [-0.25, -0.2) is 0 Å². The zero-order valence-corrected chi connectivity index (χ0v) is 8.37. The molecule has 0 spiro atoms. The minimum absolute atomic E-state index is 0.0371. The number of benzene rings is 1. The summed E-state index contributed by atoms with van der Waals surface area (Å²) in [6.45, 7) is 6.55. The summed E-state index contributed by atoms with van der Waals surface area (Å²) in [4.78, 5) is 0. The van der Waals surface area contributed by atoms with Crippen LogP contribution < -0.4 is 0 Å². The van der Waals surface area contributed by atoms with Gasteiger partial charge in [-0.15, -0.1) is 0 Å². The topological polar surface area (TPSA) is 29.5 Å². The molecule has 0 aliphatic rings. The van der Waals surface area contributed by atoms with Gasteiger partial charge in [0.25, 0.3) is 0 Å². The Morgan fingerprint density at radius 1 is 1.46 bits per heavy atom. The molecule has 1 aromatic rings. The lowest BCUT2D eigenvalue weighted by Gasteiger charge is -2.13. The van der Waals surface area contributed by atoms with E-state index in [1.807, 2.05) is 32.9 Å². The van der Waals surface area contributed by atoms with Crippen LogP contribution in [0.4, 0.5) is 0 Å². The maximum atomic E-state index is 9.55. The molecule has 1 N–H and O–H groups in total. The standard InChI is InChI=1S/C11H16O2/c1-4-13-9(3)10-7-8(2)5-6-11(10)12/h5-7,9,12H,4H2,1-3H3. The van der Waals surface area contributed by atoms with E-state index in [0.717, 1.165) is 11.1 Å². The van der Waals surface area contributed by atoms with E-state index in [-0.39, 0.29) is 6.10 Å². The van der Waals surface area contributed by atoms with Crippen molar-refractivity contribution in [2.45, 2.75) is 26.9 Å². The Labute approximate surface area is 79.2 Å². The molecule has 0 heterocycles. The van der Waals surface area contributed by atoms with E-state index in [4.69, 9.17) is 4.74 Å². The van der Waals surface area contributed by atoms with E-state index in [1.54, 1.807) is 6.07 Å².